The van der Waals surface area contributed by atoms with E-state index in [0.717, 1.165) is 18.6 Å². The van der Waals surface area contributed by atoms with Gasteiger partial charge in [-0.2, -0.15) is 0 Å². The molecule has 0 aromatic heterocycles. The van der Waals surface area contributed by atoms with Crippen LogP contribution in [0.1, 0.15) is 37.7 Å². The van der Waals surface area contributed by atoms with Crippen molar-refractivity contribution in [3.63, 3.8) is 0 Å². The fourth-order valence-electron chi connectivity index (χ4n) is 3.51. The van der Waals surface area contributed by atoms with E-state index in [0.29, 0.717) is 12.8 Å². The summed E-state index contributed by atoms with van der Waals surface area (Å²) >= 11 is 0. The van der Waals surface area contributed by atoms with Crippen molar-refractivity contribution in [2.45, 2.75) is 48.2 Å². The number of rotatable bonds is 1. The van der Waals surface area contributed by atoms with E-state index < -0.39 is 43.4 Å². The summed E-state index contributed by atoms with van der Waals surface area (Å²) in [4.78, 5) is 0. The van der Waals surface area contributed by atoms with Gasteiger partial charge in [0, 0.05) is 0 Å². The Bertz CT molecular complexity index is 644. The highest BCUT2D eigenvalue weighted by Crippen LogP contribution is 2.46. The molecule has 2 atom stereocenters. The van der Waals surface area contributed by atoms with Gasteiger partial charge in [-0.15, -0.1) is 0 Å². The Morgan fingerprint density at radius 2 is 1.52 bits per heavy atom. The SMILES string of the molecule is O=S1(=O)C2CCCC1CC(O)(c1cc(F)c(F)c(F)c1)C2. The van der Waals surface area contributed by atoms with Crippen LogP contribution in [0, 0.1) is 17.5 Å². The molecule has 0 aliphatic carbocycles. The van der Waals surface area contributed by atoms with Gasteiger partial charge in [0.15, 0.2) is 27.3 Å². The minimum Gasteiger partial charge on any atom is -0.385 e. The van der Waals surface area contributed by atoms with Gasteiger partial charge in [0.25, 0.3) is 0 Å². The molecule has 2 saturated heterocycles. The molecule has 3 rings (SSSR count). The molecule has 2 unspecified atom stereocenters. The lowest BCUT2D eigenvalue weighted by molar-refractivity contribution is 0.00432. The van der Waals surface area contributed by atoms with Crippen molar-refractivity contribution in [2.24, 2.45) is 0 Å². The van der Waals surface area contributed by atoms with E-state index in [9.17, 15) is 26.7 Å². The van der Waals surface area contributed by atoms with E-state index in [2.05, 4.69) is 0 Å². The second kappa shape index (κ2) is 4.71. The van der Waals surface area contributed by atoms with E-state index in [1.54, 1.807) is 0 Å². The second-order valence-electron chi connectivity index (χ2n) is 5.96. The summed E-state index contributed by atoms with van der Waals surface area (Å²) in [5.74, 6) is -4.35. The highest BCUT2D eigenvalue weighted by Gasteiger charge is 2.51. The van der Waals surface area contributed by atoms with Crippen LogP contribution in [0.15, 0.2) is 12.1 Å². The molecule has 116 valence electrons. The first-order valence-corrected chi connectivity index (χ1v) is 8.45. The lowest BCUT2D eigenvalue weighted by Crippen LogP contribution is -2.50. The van der Waals surface area contributed by atoms with Gasteiger partial charge in [-0.05, 0) is 43.4 Å². The number of aliphatic hydroxyl groups is 1. The average molecular weight is 320 g/mol. The molecule has 1 aromatic rings. The van der Waals surface area contributed by atoms with Crippen molar-refractivity contribution in [1.29, 1.82) is 0 Å². The van der Waals surface area contributed by atoms with E-state index >= 15 is 0 Å². The van der Waals surface area contributed by atoms with E-state index in [1.807, 2.05) is 0 Å². The third-order valence-electron chi connectivity index (χ3n) is 4.63. The van der Waals surface area contributed by atoms with Gasteiger partial charge in [-0.3, -0.25) is 0 Å². The van der Waals surface area contributed by atoms with Crippen molar-refractivity contribution in [1.82, 2.24) is 0 Å². The monoisotopic (exact) mass is 320 g/mol. The number of sulfone groups is 1. The number of fused-ring (bicyclic) bond motifs is 2. The molecule has 2 heterocycles. The second-order valence-corrected chi connectivity index (χ2v) is 8.47. The van der Waals surface area contributed by atoms with Crippen LogP contribution in [0.2, 0.25) is 0 Å². The van der Waals surface area contributed by atoms with E-state index in [1.165, 1.54) is 0 Å². The first-order chi connectivity index (χ1) is 9.74. The molecular weight excluding hydrogens is 305 g/mol. The Hall–Kier alpha value is -1.08. The third-order valence-corrected chi connectivity index (χ3v) is 7.30. The molecule has 1 N–H and O–H groups in total. The molecule has 21 heavy (non-hydrogen) atoms. The summed E-state index contributed by atoms with van der Waals surface area (Å²) in [6.07, 6.45) is 1.43. The van der Waals surface area contributed by atoms with Gasteiger partial charge in [0.1, 0.15) is 0 Å². The zero-order valence-electron chi connectivity index (χ0n) is 11.2. The first-order valence-electron chi connectivity index (χ1n) is 6.84. The van der Waals surface area contributed by atoms with Gasteiger partial charge in [0.05, 0.1) is 16.1 Å². The largest absolute Gasteiger partial charge is 0.385 e. The molecule has 3 nitrogen and oxygen atoms in total. The van der Waals surface area contributed by atoms with Crippen molar-refractivity contribution < 1.29 is 26.7 Å². The standard InChI is InChI=1S/C14H15F3O3S/c15-11-4-8(5-12(16)13(11)17)14(18)6-9-2-1-3-10(7-14)21(9,19)20/h4-5,9-10,18H,1-3,6-7H2. The Morgan fingerprint density at radius 3 is 2.00 bits per heavy atom. The van der Waals surface area contributed by atoms with Crippen LogP contribution in [0.3, 0.4) is 0 Å². The summed E-state index contributed by atoms with van der Waals surface area (Å²) in [7, 11) is -3.29. The Balaban J connectivity index is 2.03. The highest BCUT2D eigenvalue weighted by molar-refractivity contribution is 7.92. The molecule has 0 amide bonds. The van der Waals surface area contributed by atoms with Crippen LogP contribution >= 0.6 is 0 Å². The summed E-state index contributed by atoms with van der Waals surface area (Å²) in [6, 6.07) is 1.51. The molecule has 2 aliphatic rings. The summed E-state index contributed by atoms with van der Waals surface area (Å²) in [5, 5.41) is 9.29. The van der Waals surface area contributed by atoms with Gasteiger partial charge in [-0.25, -0.2) is 21.6 Å². The van der Waals surface area contributed by atoms with Crippen molar-refractivity contribution in [3.8, 4) is 0 Å². The fourth-order valence-corrected chi connectivity index (χ4v) is 6.06. The van der Waals surface area contributed by atoms with E-state index in [-0.39, 0.29) is 18.4 Å². The molecule has 0 spiro atoms. The zero-order chi connectivity index (χ0) is 15.4. The Kier molecular flexibility index (Phi) is 3.33. The highest BCUT2D eigenvalue weighted by atomic mass is 32.2. The quantitative estimate of drug-likeness (QED) is 0.809. The van der Waals surface area contributed by atoms with E-state index in [4.69, 9.17) is 0 Å². The topological polar surface area (TPSA) is 54.4 Å². The average Bonchev–Trinajstić information content (AvgIpc) is 2.37. The normalized spacial score (nSPS) is 34.7. The van der Waals surface area contributed by atoms with Crippen LogP contribution < -0.4 is 0 Å². The summed E-state index contributed by atoms with van der Waals surface area (Å²) in [6.45, 7) is 0. The predicted molar refractivity (Wildman–Crippen MR) is 69.8 cm³/mol. The number of halogens is 3. The van der Waals surface area contributed by atoms with Crippen LogP contribution in [0.5, 0.6) is 0 Å². The zero-order valence-corrected chi connectivity index (χ0v) is 12.0. The minimum absolute atomic E-state index is 0.0919. The fraction of sp³-hybridized carbons (Fsp3) is 0.571. The lowest BCUT2D eigenvalue weighted by Gasteiger charge is -2.44. The molecular formula is C14H15F3O3S. The number of benzene rings is 1. The minimum atomic E-state index is -3.29. The maximum absolute atomic E-state index is 13.4. The first kappa shape index (κ1) is 14.8. The maximum Gasteiger partial charge on any atom is 0.194 e. The van der Waals surface area contributed by atoms with Crippen LogP contribution in [-0.2, 0) is 15.4 Å². The molecule has 2 bridgehead atoms. The lowest BCUT2D eigenvalue weighted by atomic mass is 9.80. The molecule has 7 heteroatoms. The molecule has 2 aliphatic heterocycles. The number of hydrogen-bond acceptors (Lipinski definition) is 3. The Labute approximate surface area is 120 Å². The molecule has 0 radical (unpaired) electrons. The Morgan fingerprint density at radius 1 is 1.05 bits per heavy atom. The van der Waals surface area contributed by atoms with Gasteiger partial charge >= 0.3 is 0 Å². The van der Waals surface area contributed by atoms with Crippen molar-refractivity contribution in [2.75, 3.05) is 0 Å². The van der Waals surface area contributed by atoms with Crippen LogP contribution in [0.4, 0.5) is 13.2 Å². The van der Waals surface area contributed by atoms with Gasteiger partial charge < -0.3 is 5.11 Å². The summed E-state index contributed by atoms with van der Waals surface area (Å²) in [5.41, 5.74) is -1.72. The van der Waals surface area contributed by atoms with Gasteiger partial charge in [-0.1, -0.05) is 6.42 Å². The third kappa shape index (κ3) is 2.26. The smallest absolute Gasteiger partial charge is 0.194 e. The van der Waals surface area contributed by atoms with Crippen molar-refractivity contribution in [3.05, 3.63) is 35.1 Å². The number of hydrogen-bond donors (Lipinski definition) is 1. The summed E-state index contributed by atoms with van der Waals surface area (Å²) < 4.78 is 64.1. The maximum atomic E-state index is 13.4. The van der Waals surface area contributed by atoms with Gasteiger partial charge in [0.2, 0.25) is 0 Å². The molecule has 0 saturated carbocycles. The predicted octanol–water partition coefficient (Wildman–Crippen LogP) is 2.42. The molecule has 2 fully saturated rings. The van der Waals surface area contributed by atoms with Crippen molar-refractivity contribution >= 4 is 9.84 Å². The molecule has 1 aromatic carbocycles. The van der Waals surface area contributed by atoms with Crippen LogP contribution in [-0.4, -0.2) is 24.0 Å². The van der Waals surface area contributed by atoms with Crippen LogP contribution in [0.25, 0.3) is 0 Å².